The first-order valence-corrected chi connectivity index (χ1v) is 7.47. The monoisotopic (exact) mass is 251 g/mol. The van der Waals surface area contributed by atoms with Crippen molar-refractivity contribution in [2.24, 2.45) is 17.6 Å². The van der Waals surface area contributed by atoms with Crippen LogP contribution >= 0.6 is 11.3 Å². The van der Waals surface area contributed by atoms with Gasteiger partial charge in [0.25, 0.3) is 0 Å². The molecule has 2 aliphatic rings. The zero-order valence-electron chi connectivity index (χ0n) is 10.4. The van der Waals surface area contributed by atoms with E-state index in [9.17, 15) is 0 Å². The minimum absolute atomic E-state index is 0.256. The molecule has 17 heavy (non-hydrogen) atoms. The molecule has 1 aromatic heterocycles. The van der Waals surface area contributed by atoms with Crippen molar-refractivity contribution in [2.45, 2.75) is 37.8 Å². The van der Waals surface area contributed by atoms with Crippen molar-refractivity contribution in [3.8, 4) is 0 Å². The summed E-state index contributed by atoms with van der Waals surface area (Å²) in [7, 11) is 2.23. The molecule has 0 radical (unpaired) electrons. The van der Waals surface area contributed by atoms with Crippen molar-refractivity contribution in [3.05, 3.63) is 16.6 Å². The van der Waals surface area contributed by atoms with Crippen LogP contribution in [0.2, 0.25) is 0 Å². The lowest BCUT2D eigenvalue weighted by molar-refractivity contribution is 0.0582. The summed E-state index contributed by atoms with van der Waals surface area (Å²) in [6.07, 6.45) is 5.51. The minimum Gasteiger partial charge on any atom is -0.329 e. The van der Waals surface area contributed by atoms with Gasteiger partial charge >= 0.3 is 0 Å². The van der Waals surface area contributed by atoms with Gasteiger partial charge in [-0.25, -0.2) is 4.98 Å². The molecule has 2 bridgehead atoms. The first kappa shape index (κ1) is 11.6. The second-order valence-corrected chi connectivity index (χ2v) is 6.44. The molecule has 3 atom stereocenters. The Labute approximate surface area is 107 Å². The van der Waals surface area contributed by atoms with Gasteiger partial charge in [-0.05, 0) is 38.1 Å². The van der Waals surface area contributed by atoms with E-state index in [4.69, 9.17) is 5.73 Å². The van der Waals surface area contributed by atoms with Crippen LogP contribution in [0, 0.1) is 11.8 Å². The van der Waals surface area contributed by atoms with E-state index in [1.54, 1.807) is 11.3 Å². The number of nitrogens with zero attached hydrogens (tertiary/aromatic N) is 2. The summed E-state index contributed by atoms with van der Waals surface area (Å²) in [5, 5.41) is 2.15. The van der Waals surface area contributed by atoms with E-state index in [1.807, 2.05) is 5.51 Å². The molecule has 1 aromatic rings. The zero-order chi connectivity index (χ0) is 11.9. The number of hydrogen-bond donors (Lipinski definition) is 1. The van der Waals surface area contributed by atoms with Gasteiger partial charge in [-0.15, -0.1) is 11.3 Å². The first-order chi connectivity index (χ1) is 8.24. The van der Waals surface area contributed by atoms with Crippen LogP contribution in [0.1, 0.15) is 31.4 Å². The third-order valence-corrected chi connectivity index (χ3v) is 5.57. The van der Waals surface area contributed by atoms with Crippen LogP contribution in [0.15, 0.2) is 10.9 Å². The molecule has 3 rings (SSSR count). The minimum atomic E-state index is 0.256. The van der Waals surface area contributed by atoms with Crippen molar-refractivity contribution in [2.75, 3.05) is 13.6 Å². The molecule has 0 aliphatic heterocycles. The molecular formula is C13H21N3S. The van der Waals surface area contributed by atoms with Gasteiger partial charge in [-0.1, -0.05) is 6.42 Å². The van der Waals surface area contributed by atoms with E-state index in [2.05, 4.69) is 22.3 Å². The van der Waals surface area contributed by atoms with Gasteiger partial charge in [0.05, 0.1) is 11.2 Å². The summed E-state index contributed by atoms with van der Waals surface area (Å²) in [6, 6.07) is 0. The summed E-state index contributed by atoms with van der Waals surface area (Å²) < 4.78 is 0. The summed E-state index contributed by atoms with van der Waals surface area (Å²) in [6.45, 7) is 1.75. The van der Waals surface area contributed by atoms with Gasteiger partial charge in [0.15, 0.2) is 0 Å². The average molecular weight is 251 g/mol. The molecule has 1 heterocycles. The Hall–Kier alpha value is -0.450. The predicted octanol–water partition coefficient (Wildman–Crippen LogP) is 2.09. The van der Waals surface area contributed by atoms with Gasteiger partial charge in [0.1, 0.15) is 0 Å². The van der Waals surface area contributed by atoms with Crippen LogP contribution < -0.4 is 5.73 Å². The Kier molecular flexibility index (Phi) is 2.97. The van der Waals surface area contributed by atoms with E-state index in [1.165, 1.54) is 31.4 Å². The Morgan fingerprint density at radius 3 is 3.00 bits per heavy atom. The third-order valence-electron chi connectivity index (χ3n) is 4.94. The average Bonchev–Trinajstić information content (AvgIpc) is 3.04. The van der Waals surface area contributed by atoms with Crippen molar-refractivity contribution in [1.29, 1.82) is 0 Å². The number of nitrogens with two attached hydrogens (primary N) is 1. The topological polar surface area (TPSA) is 42.2 Å². The molecule has 94 valence electrons. The number of rotatable bonds is 4. The largest absolute Gasteiger partial charge is 0.329 e. The second kappa shape index (κ2) is 4.34. The molecule has 2 aliphatic carbocycles. The molecule has 2 fully saturated rings. The van der Waals surface area contributed by atoms with Crippen LogP contribution in [0.3, 0.4) is 0 Å². The van der Waals surface area contributed by atoms with Crippen LogP contribution in [-0.2, 0) is 6.54 Å². The van der Waals surface area contributed by atoms with Crippen LogP contribution in [-0.4, -0.2) is 29.0 Å². The standard InChI is InChI=1S/C13H21N3S/c1-16(6-12-7-17-9-15-12)13(8-14)5-10-2-3-11(13)4-10/h7,9-11H,2-6,8,14H2,1H3. The number of hydrogen-bond acceptors (Lipinski definition) is 4. The van der Waals surface area contributed by atoms with Crippen LogP contribution in [0.25, 0.3) is 0 Å². The Bertz CT molecular complexity index is 378. The van der Waals surface area contributed by atoms with Crippen LogP contribution in [0.5, 0.6) is 0 Å². The quantitative estimate of drug-likeness (QED) is 0.891. The molecule has 2 N–H and O–H groups in total. The Balaban J connectivity index is 1.76. The number of aromatic nitrogens is 1. The van der Waals surface area contributed by atoms with Crippen LogP contribution in [0.4, 0.5) is 0 Å². The zero-order valence-corrected chi connectivity index (χ0v) is 11.2. The first-order valence-electron chi connectivity index (χ1n) is 6.53. The SMILES string of the molecule is CN(Cc1cscn1)C1(CN)CC2CCC1C2. The van der Waals surface area contributed by atoms with Crippen molar-refractivity contribution >= 4 is 11.3 Å². The highest BCUT2D eigenvalue weighted by atomic mass is 32.1. The van der Waals surface area contributed by atoms with E-state index < -0.39 is 0 Å². The van der Waals surface area contributed by atoms with E-state index in [0.29, 0.717) is 0 Å². The fourth-order valence-electron chi connectivity index (χ4n) is 4.00. The van der Waals surface area contributed by atoms with Gasteiger partial charge in [-0.2, -0.15) is 0 Å². The fraction of sp³-hybridized carbons (Fsp3) is 0.769. The van der Waals surface area contributed by atoms with Gasteiger partial charge in [0.2, 0.25) is 0 Å². The molecule has 4 heteroatoms. The molecule has 0 aromatic carbocycles. The number of fused-ring (bicyclic) bond motifs is 2. The second-order valence-electron chi connectivity index (χ2n) is 5.72. The summed E-state index contributed by atoms with van der Waals surface area (Å²) in [5.41, 5.74) is 9.49. The molecule has 0 spiro atoms. The lowest BCUT2D eigenvalue weighted by atomic mass is 9.79. The molecule has 3 unspecified atom stereocenters. The Morgan fingerprint density at radius 1 is 1.59 bits per heavy atom. The van der Waals surface area contributed by atoms with Gasteiger partial charge in [-0.3, -0.25) is 4.90 Å². The molecule has 0 saturated heterocycles. The smallest absolute Gasteiger partial charge is 0.0795 e. The van der Waals surface area contributed by atoms with Gasteiger partial charge < -0.3 is 5.73 Å². The van der Waals surface area contributed by atoms with E-state index in [-0.39, 0.29) is 5.54 Å². The molecular weight excluding hydrogens is 230 g/mol. The maximum absolute atomic E-state index is 6.13. The molecule has 3 nitrogen and oxygen atoms in total. The lowest BCUT2D eigenvalue weighted by Gasteiger charge is -2.44. The molecule has 0 amide bonds. The van der Waals surface area contributed by atoms with E-state index >= 15 is 0 Å². The highest BCUT2D eigenvalue weighted by Gasteiger charge is 2.52. The van der Waals surface area contributed by atoms with Crippen molar-refractivity contribution in [1.82, 2.24) is 9.88 Å². The maximum atomic E-state index is 6.13. The highest BCUT2D eigenvalue weighted by Crippen LogP contribution is 2.52. The predicted molar refractivity (Wildman–Crippen MR) is 70.8 cm³/mol. The fourth-order valence-corrected chi connectivity index (χ4v) is 4.55. The highest BCUT2D eigenvalue weighted by molar-refractivity contribution is 7.07. The number of likely N-dealkylation sites (N-methyl/N-ethyl adjacent to an activating group) is 1. The Morgan fingerprint density at radius 2 is 2.47 bits per heavy atom. The molecule has 2 saturated carbocycles. The van der Waals surface area contributed by atoms with Crippen molar-refractivity contribution < 1.29 is 0 Å². The number of thiazole rings is 1. The summed E-state index contributed by atoms with van der Waals surface area (Å²) in [5.74, 6) is 1.75. The normalized spacial score (nSPS) is 35.9. The van der Waals surface area contributed by atoms with Gasteiger partial charge in [0, 0.05) is 24.0 Å². The summed E-state index contributed by atoms with van der Waals surface area (Å²) >= 11 is 1.68. The van der Waals surface area contributed by atoms with Crippen molar-refractivity contribution in [3.63, 3.8) is 0 Å². The van der Waals surface area contributed by atoms with E-state index in [0.717, 1.165) is 24.9 Å². The maximum Gasteiger partial charge on any atom is 0.0795 e. The lowest BCUT2D eigenvalue weighted by Crippen LogP contribution is -2.55. The summed E-state index contributed by atoms with van der Waals surface area (Å²) in [4.78, 5) is 6.87. The third kappa shape index (κ3) is 1.83.